The number of anilines is 1. The molecule has 9 nitrogen and oxygen atoms in total. The largest absolute Gasteiger partial charge is 0.364 e. The van der Waals surface area contributed by atoms with Gasteiger partial charge in [0, 0.05) is 48.4 Å². The van der Waals surface area contributed by atoms with Gasteiger partial charge in [0.1, 0.15) is 5.69 Å². The second-order valence-corrected chi connectivity index (χ2v) is 8.03. The topological polar surface area (TPSA) is 120 Å². The normalized spacial score (nSPS) is 20.6. The monoisotopic (exact) mass is 421 g/mol. The molecular weight excluding hydrogens is 401 g/mol. The van der Waals surface area contributed by atoms with Gasteiger partial charge in [-0.15, -0.1) is 0 Å². The maximum absolute atomic E-state index is 15.2. The van der Waals surface area contributed by atoms with Gasteiger partial charge in [-0.2, -0.15) is 5.10 Å². The minimum Gasteiger partial charge on any atom is -0.364 e. The van der Waals surface area contributed by atoms with Gasteiger partial charge in [0.05, 0.1) is 12.2 Å². The van der Waals surface area contributed by atoms with Crippen LogP contribution in [0.4, 0.5) is 10.2 Å². The van der Waals surface area contributed by atoms with Crippen LogP contribution in [-0.4, -0.2) is 43.1 Å². The molecule has 2 amide bonds. The van der Waals surface area contributed by atoms with E-state index in [-0.39, 0.29) is 29.4 Å². The SMILES string of the molecule is Cc1c(C(C)n2cc(-c3nccnc3C(N)=O)cn2)cnc(N2C[C@H]3C[C@H]3C2=O)c1F. The maximum Gasteiger partial charge on any atom is 0.269 e. The van der Waals surface area contributed by atoms with Crippen LogP contribution < -0.4 is 10.6 Å². The van der Waals surface area contributed by atoms with Gasteiger partial charge >= 0.3 is 0 Å². The molecule has 1 saturated carbocycles. The third kappa shape index (κ3) is 3.06. The molecule has 5 rings (SSSR count). The lowest BCUT2D eigenvalue weighted by molar-refractivity contribution is -0.118. The quantitative estimate of drug-likeness (QED) is 0.672. The zero-order valence-electron chi connectivity index (χ0n) is 17.0. The number of fused-ring (bicyclic) bond motifs is 1. The Labute approximate surface area is 177 Å². The highest BCUT2D eigenvalue weighted by Gasteiger charge is 2.53. The maximum atomic E-state index is 15.2. The number of rotatable bonds is 5. The van der Waals surface area contributed by atoms with Gasteiger partial charge in [-0.1, -0.05) is 0 Å². The summed E-state index contributed by atoms with van der Waals surface area (Å²) in [5, 5.41) is 4.35. The van der Waals surface area contributed by atoms with Gasteiger partial charge in [0.2, 0.25) is 5.91 Å². The van der Waals surface area contributed by atoms with Crippen LogP contribution in [0.25, 0.3) is 11.3 Å². The Kier molecular flexibility index (Phi) is 4.31. The van der Waals surface area contributed by atoms with E-state index in [1.165, 1.54) is 17.3 Å². The van der Waals surface area contributed by atoms with Gasteiger partial charge in [0.25, 0.3) is 5.91 Å². The van der Waals surface area contributed by atoms with E-state index in [2.05, 4.69) is 20.1 Å². The molecule has 0 spiro atoms. The molecule has 3 atom stereocenters. The van der Waals surface area contributed by atoms with Crippen molar-refractivity contribution in [1.29, 1.82) is 0 Å². The van der Waals surface area contributed by atoms with E-state index in [0.717, 1.165) is 6.42 Å². The lowest BCUT2D eigenvalue weighted by atomic mass is 10.0. The summed E-state index contributed by atoms with van der Waals surface area (Å²) >= 11 is 0. The Bertz CT molecular complexity index is 1220. The smallest absolute Gasteiger partial charge is 0.269 e. The number of primary amides is 1. The average Bonchev–Trinajstić information content (AvgIpc) is 3.23. The van der Waals surface area contributed by atoms with Crippen LogP contribution in [0.1, 0.15) is 41.0 Å². The molecule has 158 valence electrons. The van der Waals surface area contributed by atoms with Crippen molar-refractivity contribution in [2.75, 3.05) is 11.4 Å². The number of nitrogens with two attached hydrogens (primary N) is 1. The van der Waals surface area contributed by atoms with Crippen LogP contribution in [0.15, 0.2) is 31.0 Å². The fraction of sp³-hybridized carbons (Fsp3) is 0.333. The van der Waals surface area contributed by atoms with Crippen LogP contribution in [0, 0.1) is 24.6 Å². The van der Waals surface area contributed by atoms with Gasteiger partial charge < -0.3 is 5.73 Å². The first kappa shape index (κ1) is 19.3. The molecule has 3 aromatic heterocycles. The van der Waals surface area contributed by atoms with Gasteiger partial charge in [-0.25, -0.2) is 14.4 Å². The summed E-state index contributed by atoms with van der Waals surface area (Å²) in [5.74, 6) is -0.748. The average molecular weight is 421 g/mol. The van der Waals surface area contributed by atoms with Crippen molar-refractivity contribution in [3.8, 4) is 11.3 Å². The summed E-state index contributed by atoms with van der Waals surface area (Å²) in [6, 6.07) is -0.346. The third-order valence-electron chi connectivity index (χ3n) is 6.12. The fourth-order valence-corrected chi connectivity index (χ4v) is 4.20. The van der Waals surface area contributed by atoms with Crippen molar-refractivity contribution < 1.29 is 14.0 Å². The molecule has 31 heavy (non-hydrogen) atoms. The second kappa shape index (κ2) is 6.93. The molecule has 0 bridgehead atoms. The number of amides is 2. The Morgan fingerprint density at radius 1 is 1.26 bits per heavy atom. The predicted octanol–water partition coefficient (Wildman–Crippen LogP) is 1.87. The standard InChI is InChI=1S/C21H20FN7O2/c1-10-15(7-26-20(16(10)22)28-8-12-5-14(12)21(28)31)11(2)29-9-13(6-27-29)17-18(19(23)30)25-4-3-24-17/h3-4,6-7,9,11-12,14H,5,8H2,1-2H3,(H2,23,30)/t11?,12-,14-/m1/s1. The first-order valence-electron chi connectivity index (χ1n) is 9.98. The van der Waals surface area contributed by atoms with E-state index < -0.39 is 11.7 Å². The molecule has 2 aliphatic rings. The number of halogens is 1. The summed E-state index contributed by atoms with van der Waals surface area (Å²) in [6.45, 7) is 4.07. The van der Waals surface area contributed by atoms with Crippen molar-refractivity contribution in [3.05, 3.63) is 53.6 Å². The highest BCUT2D eigenvalue weighted by molar-refractivity contribution is 5.99. The van der Waals surface area contributed by atoms with E-state index in [4.69, 9.17) is 5.73 Å². The molecule has 1 aliphatic heterocycles. The zero-order valence-corrected chi connectivity index (χ0v) is 17.0. The third-order valence-corrected chi connectivity index (χ3v) is 6.12. The van der Waals surface area contributed by atoms with Crippen molar-refractivity contribution in [2.24, 2.45) is 17.6 Å². The molecule has 1 aliphatic carbocycles. The predicted molar refractivity (Wildman–Crippen MR) is 108 cm³/mol. The lowest BCUT2D eigenvalue weighted by Crippen LogP contribution is -2.30. The van der Waals surface area contributed by atoms with E-state index >= 15 is 4.39 Å². The van der Waals surface area contributed by atoms with Crippen molar-refractivity contribution in [1.82, 2.24) is 24.7 Å². The molecule has 1 unspecified atom stereocenters. The van der Waals surface area contributed by atoms with Gasteiger partial charge in [-0.05, 0) is 31.7 Å². The molecule has 1 saturated heterocycles. The highest BCUT2D eigenvalue weighted by atomic mass is 19.1. The number of piperidine rings is 1. The van der Waals surface area contributed by atoms with Crippen molar-refractivity contribution in [3.63, 3.8) is 0 Å². The number of hydrogen-bond donors (Lipinski definition) is 1. The fourth-order valence-electron chi connectivity index (χ4n) is 4.20. The van der Waals surface area contributed by atoms with Crippen LogP contribution in [0.5, 0.6) is 0 Å². The zero-order chi connectivity index (χ0) is 21.9. The van der Waals surface area contributed by atoms with E-state index in [0.29, 0.717) is 34.8 Å². The summed E-state index contributed by atoms with van der Waals surface area (Å²) < 4.78 is 16.8. The number of carbonyl (C=O) groups excluding carboxylic acids is 2. The molecule has 3 aromatic rings. The Morgan fingerprint density at radius 3 is 2.74 bits per heavy atom. The molecule has 0 radical (unpaired) electrons. The Balaban J connectivity index is 1.45. The summed E-state index contributed by atoms with van der Waals surface area (Å²) in [6.07, 6.45) is 8.60. The van der Waals surface area contributed by atoms with Crippen LogP contribution >= 0.6 is 0 Å². The molecule has 2 fully saturated rings. The van der Waals surface area contributed by atoms with Crippen LogP contribution in [-0.2, 0) is 4.79 Å². The minimum atomic E-state index is -0.685. The first-order chi connectivity index (χ1) is 14.9. The summed E-state index contributed by atoms with van der Waals surface area (Å²) in [4.78, 5) is 37.9. The minimum absolute atomic E-state index is 0.0361. The molecule has 0 aromatic carbocycles. The lowest BCUT2D eigenvalue weighted by Gasteiger charge is -2.21. The highest BCUT2D eigenvalue weighted by Crippen LogP contribution is 2.47. The first-order valence-corrected chi connectivity index (χ1v) is 9.98. The number of nitrogens with zero attached hydrogens (tertiary/aromatic N) is 6. The summed E-state index contributed by atoms with van der Waals surface area (Å²) in [5.41, 5.74) is 7.39. The number of aromatic nitrogens is 5. The number of carbonyl (C=O) groups is 2. The molecule has 2 N–H and O–H groups in total. The van der Waals surface area contributed by atoms with Crippen LogP contribution in [0.2, 0.25) is 0 Å². The van der Waals surface area contributed by atoms with Crippen LogP contribution in [0.3, 0.4) is 0 Å². The van der Waals surface area contributed by atoms with Crippen molar-refractivity contribution >= 4 is 17.6 Å². The number of pyridine rings is 1. The van der Waals surface area contributed by atoms with E-state index in [1.807, 2.05) is 6.92 Å². The van der Waals surface area contributed by atoms with Gasteiger partial charge in [-0.3, -0.25) is 24.2 Å². The molecule has 4 heterocycles. The van der Waals surface area contributed by atoms with Gasteiger partial charge in [0.15, 0.2) is 17.3 Å². The molecule has 10 heteroatoms. The second-order valence-electron chi connectivity index (χ2n) is 8.03. The summed E-state index contributed by atoms with van der Waals surface area (Å²) in [7, 11) is 0. The van der Waals surface area contributed by atoms with E-state index in [9.17, 15) is 9.59 Å². The Hall–Kier alpha value is -3.69. The number of hydrogen-bond acceptors (Lipinski definition) is 6. The molecular formula is C21H20FN7O2. The Morgan fingerprint density at radius 2 is 2.03 bits per heavy atom. The van der Waals surface area contributed by atoms with E-state index in [1.54, 1.807) is 30.2 Å². The van der Waals surface area contributed by atoms with Crippen molar-refractivity contribution in [2.45, 2.75) is 26.3 Å².